The molecule has 0 spiro atoms. The van der Waals surface area contributed by atoms with Gasteiger partial charge in [-0.2, -0.15) is 4.98 Å². The summed E-state index contributed by atoms with van der Waals surface area (Å²) in [4.78, 5) is 27.1. The van der Waals surface area contributed by atoms with E-state index in [-0.39, 0.29) is 11.8 Å². The second kappa shape index (κ2) is 8.99. The highest BCUT2D eigenvalue weighted by Gasteiger charge is 2.31. The quantitative estimate of drug-likeness (QED) is 0.331. The molecule has 1 unspecified atom stereocenters. The van der Waals surface area contributed by atoms with Crippen LogP contribution in [0.2, 0.25) is 0 Å². The Morgan fingerprint density at radius 2 is 1.75 bits per heavy atom. The fourth-order valence-electron chi connectivity index (χ4n) is 4.24. The summed E-state index contributed by atoms with van der Waals surface area (Å²) in [5, 5.41) is 12.1. The number of amides is 1. The molecule has 1 aromatic carbocycles. The van der Waals surface area contributed by atoms with Crippen LogP contribution in [0.1, 0.15) is 60.6 Å². The van der Waals surface area contributed by atoms with Crippen molar-refractivity contribution in [3.8, 4) is 22.6 Å². The van der Waals surface area contributed by atoms with Crippen molar-refractivity contribution in [3.05, 3.63) is 78.1 Å². The Balaban J connectivity index is 1.38. The first-order valence-electron chi connectivity index (χ1n) is 12.0. The summed E-state index contributed by atoms with van der Waals surface area (Å²) < 4.78 is 11.2. The highest BCUT2D eigenvalue weighted by Crippen LogP contribution is 2.41. The largest absolute Gasteiger partial charge is 0.340 e. The van der Waals surface area contributed by atoms with E-state index in [4.69, 9.17) is 9.05 Å². The molecule has 0 bridgehead atoms. The van der Waals surface area contributed by atoms with Crippen LogP contribution in [0.3, 0.4) is 0 Å². The first-order chi connectivity index (χ1) is 17.6. The third-order valence-corrected chi connectivity index (χ3v) is 6.35. The molecule has 5 aromatic rings. The minimum atomic E-state index is -0.492. The van der Waals surface area contributed by atoms with Gasteiger partial charge in [-0.25, -0.2) is 4.98 Å². The van der Waals surface area contributed by atoms with E-state index in [1.807, 2.05) is 62.4 Å². The van der Waals surface area contributed by atoms with Gasteiger partial charge in [-0.15, -0.1) is 0 Å². The number of hydrogen-bond acceptors (Lipinski definition) is 8. The van der Waals surface area contributed by atoms with E-state index >= 15 is 0 Å². The molecule has 4 heterocycles. The van der Waals surface area contributed by atoms with Gasteiger partial charge < -0.3 is 14.4 Å². The Kier molecular flexibility index (Phi) is 5.52. The van der Waals surface area contributed by atoms with Gasteiger partial charge in [0.05, 0.1) is 10.9 Å². The fourth-order valence-corrected chi connectivity index (χ4v) is 4.24. The highest BCUT2D eigenvalue weighted by atomic mass is 16.5. The standard InChI is InChI=1S/C27H24N6O3/c1-15(2)22(27-31-24(33-36-27)18-10-12-28-13-11-18)30-25(34)19-14-20(16-8-9-16)29-26-21(19)23(32-35-26)17-6-4-3-5-7-17/h3-7,10-16,22H,8-9H2,1-2H3,(H,30,34). The SMILES string of the molecule is CC(C)C(NC(=O)c1cc(C2CC2)nc2onc(-c3ccccc3)c12)c1nc(-c2ccncc2)no1. The number of pyridine rings is 2. The van der Waals surface area contributed by atoms with Gasteiger partial charge in [0.2, 0.25) is 11.7 Å². The van der Waals surface area contributed by atoms with E-state index in [2.05, 4.69) is 30.6 Å². The highest BCUT2D eigenvalue weighted by molar-refractivity contribution is 6.09. The molecule has 1 atom stereocenters. The molecular formula is C27H24N6O3. The molecule has 9 nitrogen and oxygen atoms in total. The van der Waals surface area contributed by atoms with Crippen LogP contribution >= 0.6 is 0 Å². The minimum Gasteiger partial charge on any atom is -0.340 e. The first-order valence-corrected chi connectivity index (χ1v) is 12.0. The third-order valence-electron chi connectivity index (χ3n) is 6.35. The van der Waals surface area contributed by atoms with E-state index in [0.717, 1.165) is 29.7 Å². The van der Waals surface area contributed by atoms with E-state index in [9.17, 15) is 4.79 Å². The second-order valence-electron chi connectivity index (χ2n) is 9.33. The number of carbonyl (C=O) groups is 1. The lowest BCUT2D eigenvalue weighted by Crippen LogP contribution is -2.32. The average Bonchev–Trinajstić information content (AvgIpc) is 3.49. The van der Waals surface area contributed by atoms with Crippen molar-refractivity contribution in [2.24, 2.45) is 5.92 Å². The zero-order valence-corrected chi connectivity index (χ0v) is 19.9. The van der Waals surface area contributed by atoms with Crippen LogP contribution < -0.4 is 5.32 Å². The molecule has 180 valence electrons. The summed E-state index contributed by atoms with van der Waals surface area (Å²) in [7, 11) is 0. The molecule has 6 rings (SSSR count). The summed E-state index contributed by atoms with van der Waals surface area (Å²) in [6.45, 7) is 3.99. The van der Waals surface area contributed by atoms with Crippen molar-refractivity contribution in [3.63, 3.8) is 0 Å². The van der Waals surface area contributed by atoms with Crippen molar-refractivity contribution >= 4 is 17.0 Å². The molecule has 4 aromatic heterocycles. The fraction of sp³-hybridized carbons (Fsp3) is 0.259. The predicted molar refractivity (Wildman–Crippen MR) is 132 cm³/mol. The zero-order valence-electron chi connectivity index (χ0n) is 19.9. The molecular weight excluding hydrogens is 456 g/mol. The maximum atomic E-state index is 13.8. The maximum absolute atomic E-state index is 13.8. The Hall–Kier alpha value is -4.40. The molecule has 36 heavy (non-hydrogen) atoms. The second-order valence-corrected chi connectivity index (χ2v) is 9.33. The summed E-state index contributed by atoms with van der Waals surface area (Å²) >= 11 is 0. The zero-order chi connectivity index (χ0) is 24.6. The predicted octanol–water partition coefficient (Wildman–Crippen LogP) is 5.34. The summed E-state index contributed by atoms with van der Waals surface area (Å²) in [6, 6.07) is 14.6. The molecule has 0 aliphatic heterocycles. The number of hydrogen-bond donors (Lipinski definition) is 1. The van der Waals surface area contributed by atoms with Gasteiger partial charge in [0, 0.05) is 35.1 Å². The summed E-state index contributed by atoms with van der Waals surface area (Å²) in [6.07, 6.45) is 5.44. The topological polar surface area (TPSA) is 120 Å². The van der Waals surface area contributed by atoms with Crippen LogP contribution in [-0.2, 0) is 0 Å². The van der Waals surface area contributed by atoms with Crippen molar-refractivity contribution in [2.45, 2.75) is 38.6 Å². The number of rotatable bonds is 7. The van der Waals surface area contributed by atoms with Crippen LogP contribution in [0, 0.1) is 5.92 Å². The van der Waals surface area contributed by atoms with Crippen LogP contribution in [0.5, 0.6) is 0 Å². The average molecular weight is 481 g/mol. The molecule has 1 fully saturated rings. The van der Waals surface area contributed by atoms with Gasteiger partial charge in [0.1, 0.15) is 11.7 Å². The van der Waals surface area contributed by atoms with Crippen LogP contribution in [-0.4, -0.2) is 31.2 Å². The summed E-state index contributed by atoms with van der Waals surface area (Å²) in [5.41, 5.74) is 3.91. The lowest BCUT2D eigenvalue weighted by molar-refractivity contribution is 0.0915. The van der Waals surface area contributed by atoms with E-state index < -0.39 is 6.04 Å². The Bertz CT molecular complexity index is 1520. The van der Waals surface area contributed by atoms with Gasteiger partial charge in [-0.3, -0.25) is 9.78 Å². The molecule has 1 aliphatic carbocycles. The van der Waals surface area contributed by atoms with E-state index in [1.165, 1.54) is 0 Å². The van der Waals surface area contributed by atoms with Gasteiger partial charge >= 0.3 is 0 Å². The number of nitrogens with one attached hydrogen (secondary N) is 1. The van der Waals surface area contributed by atoms with Crippen molar-refractivity contribution < 1.29 is 13.8 Å². The Labute approximate surface area is 206 Å². The van der Waals surface area contributed by atoms with Gasteiger partial charge in [-0.05, 0) is 37.0 Å². The van der Waals surface area contributed by atoms with Gasteiger partial charge in [0.15, 0.2) is 0 Å². The van der Waals surface area contributed by atoms with Crippen LogP contribution in [0.25, 0.3) is 33.7 Å². The molecule has 1 amide bonds. The Morgan fingerprint density at radius 1 is 0.972 bits per heavy atom. The molecule has 1 N–H and O–H groups in total. The molecule has 1 saturated carbocycles. The molecule has 9 heteroatoms. The first kappa shape index (κ1) is 22.1. The van der Waals surface area contributed by atoms with Crippen molar-refractivity contribution in [1.82, 2.24) is 30.6 Å². The normalized spacial score (nSPS) is 14.3. The van der Waals surface area contributed by atoms with Crippen LogP contribution in [0.4, 0.5) is 0 Å². The van der Waals surface area contributed by atoms with Crippen molar-refractivity contribution in [2.75, 3.05) is 0 Å². The van der Waals surface area contributed by atoms with Crippen molar-refractivity contribution in [1.29, 1.82) is 0 Å². The lowest BCUT2D eigenvalue weighted by Gasteiger charge is -2.19. The molecule has 0 saturated heterocycles. The van der Waals surface area contributed by atoms with E-state index in [1.54, 1.807) is 12.4 Å². The van der Waals surface area contributed by atoms with Gasteiger partial charge in [-0.1, -0.05) is 54.5 Å². The number of fused-ring (bicyclic) bond motifs is 1. The minimum absolute atomic E-state index is 0.00371. The monoisotopic (exact) mass is 480 g/mol. The van der Waals surface area contributed by atoms with Gasteiger partial charge in [0.25, 0.3) is 11.6 Å². The summed E-state index contributed by atoms with van der Waals surface area (Å²) in [5.74, 6) is 0.848. The number of aromatic nitrogens is 5. The van der Waals surface area contributed by atoms with E-state index in [0.29, 0.717) is 40.0 Å². The molecule has 1 aliphatic rings. The number of nitrogens with zero attached hydrogens (tertiary/aromatic N) is 5. The smallest absolute Gasteiger partial charge is 0.259 e. The number of benzene rings is 1. The lowest BCUT2D eigenvalue weighted by atomic mass is 10.0. The third kappa shape index (κ3) is 4.13. The Morgan fingerprint density at radius 3 is 2.47 bits per heavy atom. The number of carbonyl (C=O) groups excluding carboxylic acids is 1. The van der Waals surface area contributed by atoms with Crippen LogP contribution in [0.15, 0.2) is 70.0 Å². The molecule has 0 radical (unpaired) electrons. The maximum Gasteiger partial charge on any atom is 0.259 e.